The highest BCUT2D eigenvalue weighted by Gasteiger charge is 2.09. The molecule has 0 bridgehead atoms. The van der Waals surface area contributed by atoms with Crippen molar-refractivity contribution in [2.24, 2.45) is 5.10 Å². The maximum Gasteiger partial charge on any atom is 0.216 e. The minimum Gasteiger partial charge on any atom is -0.497 e. The minimum atomic E-state index is 0.383. The Morgan fingerprint density at radius 3 is 2.35 bits per heavy atom. The van der Waals surface area contributed by atoms with Crippen molar-refractivity contribution in [1.82, 2.24) is 14.9 Å². The number of hydrogen-bond donors (Lipinski definition) is 1. The van der Waals surface area contributed by atoms with Gasteiger partial charge in [-0.2, -0.15) is 14.9 Å². The fraction of sp³-hybridized carbons (Fsp3) is 0.167. The van der Waals surface area contributed by atoms with E-state index in [4.69, 9.17) is 26.4 Å². The molecule has 0 fully saturated rings. The Morgan fingerprint density at radius 2 is 1.69 bits per heavy atom. The minimum absolute atomic E-state index is 0.383. The highest BCUT2D eigenvalue weighted by atomic mass is 32.1. The van der Waals surface area contributed by atoms with Gasteiger partial charge in [0.2, 0.25) is 4.77 Å². The summed E-state index contributed by atoms with van der Waals surface area (Å²) >= 11 is 5.30. The third-order valence-electron chi connectivity index (χ3n) is 3.75. The van der Waals surface area contributed by atoms with E-state index in [2.05, 4.69) is 15.3 Å². The molecule has 0 aliphatic carbocycles. The van der Waals surface area contributed by atoms with E-state index >= 15 is 0 Å². The molecule has 0 spiro atoms. The number of nitrogens with zero attached hydrogens (tertiary/aromatic N) is 3. The second-order valence-electron chi connectivity index (χ2n) is 5.25. The van der Waals surface area contributed by atoms with Crippen LogP contribution >= 0.6 is 12.2 Å². The fourth-order valence-corrected chi connectivity index (χ4v) is 2.57. The summed E-state index contributed by atoms with van der Waals surface area (Å²) in [5.74, 6) is 2.74. The lowest BCUT2D eigenvalue weighted by atomic mass is 10.2. The van der Waals surface area contributed by atoms with Crippen LogP contribution < -0.4 is 14.2 Å². The van der Waals surface area contributed by atoms with Crippen LogP contribution in [0.4, 0.5) is 0 Å². The molecule has 1 heterocycles. The smallest absolute Gasteiger partial charge is 0.216 e. The summed E-state index contributed by atoms with van der Waals surface area (Å²) in [5, 5.41) is 11.5. The molecule has 134 valence electrons. The molecule has 0 saturated heterocycles. The lowest BCUT2D eigenvalue weighted by molar-refractivity contribution is 0.402. The Bertz CT molecular complexity index is 977. The van der Waals surface area contributed by atoms with Gasteiger partial charge in [-0.05, 0) is 54.7 Å². The van der Waals surface area contributed by atoms with Crippen molar-refractivity contribution in [2.75, 3.05) is 21.3 Å². The predicted octanol–water partition coefficient (Wildman–Crippen LogP) is 3.52. The molecule has 0 radical (unpaired) electrons. The monoisotopic (exact) mass is 370 g/mol. The van der Waals surface area contributed by atoms with Gasteiger partial charge in [-0.15, -0.1) is 0 Å². The molecular weight excluding hydrogens is 352 g/mol. The standard InChI is InChI=1S/C18H18N4O3S/c1-23-14-6-4-12(5-7-14)17-20-21-18(26)22(17)19-11-13-10-15(24-2)8-9-16(13)25-3/h4-11H,1-3H3,(H,21,26)/b19-11+. The van der Waals surface area contributed by atoms with Crippen LogP contribution in [-0.4, -0.2) is 42.4 Å². The highest BCUT2D eigenvalue weighted by Crippen LogP contribution is 2.23. The SMILES string of the molecule is COc1ccc(-c2n[nH]c(=S)n2/N=C/c2cc(OC)ccc2OC)cc1. The summed E-state index contributed by atoms with van der Waals surface area (Å²) in [6, 6.07) is 13.0. The van der Waals surface area contributed by atoms with E-state index in [1.807, 2.05) is 42.5 Å². The number of nitrogens with one attached hydrogen (secondary N) is 1. The maximum atomic E-state index is 5.37. The van der Waals surface area contributed by atoms with Gasteiger partial charge in [0.15, 0.2) is 5.82 Å². The topological polar surface area (TPSA) is 73.7 Å². The summed E-state index contributed by atoms with van der Waals surface area (Å²) in [5.41, 5.74) is 1.61. The first-order chi connectivity index (χ1) is 12.7. The molecule has 0 aliphatic rings. The molecule has 2 aromatic carbocycles. The van der Waals surface area contributed by atoms with Crippen LogP contribution in [0, 0.1) is 4.77 Å². The number of benzene rings is 2. The van der Waals surface area contributed by atoms with Gasteiger partial charge in [-0.1, -0.05) is 0 Å². The average molecular weight is 370 g/mol. The molecule has 26 heavy (non-hydrogen) atoms. The summed E-state index contributed by atoms with van der Waals surface area (Å²) < 4.78 is 17.7. The number of rotatable bonds is 6. The van der Waals surface area contributed by atoms with Gasteiger partial charge in [0.1, 0.15) is 17.2 Å². The number of aromatic amines is 1. The third kappa shape index (κ3) is 3.60. The molecule has 3 rings (SSSR count). The summed E-state index contributed by atoms with van der Waals surface area (Å²) in [6.07, 6.45) is 1.65. The Labute approximate surface area is 155 Å². The van der Waals surface area contributed by atoms with E-state index in [-0.39, 0.29) is 0 Å². The zero-order chi connectivity index (χ0) is 18.5. The molecule has 3 aromatic rings. The number of hydrogen-bond acceptors (Lipinski definition) is 6. The van der Waals surface area contributed by atoms with Gasteiger partial charge in [-0.3, -0.25) is 0 Å². The number of H-pyrrole nitrogens is 1. The molecule has 7 nitrogen and oxygen atoms in total. The molecule has 0 atom stereocenters. The first kappa shape index (κ1) is 17.7. The Kier molecular flexibility index (Phi) is 5.33. The average Bonchev–Trinajstić information content (AvgIpc) is 3.06. The fourth-order valence-electron chi connectivity index (χ4n) is 2.39. The van der Waals surface area contributed by atoms with E-state index in [1.54, 1.807) is 32.2 Å². The molecule has 1 aromatic heterocycles. The van der Waals surface area contributed by atoms with Crippen LogP contribution in [0.2, 0.25) is 0 Å². The van der Waals surface area contributed by atoms with Crippen LogP contribution in [0.15, 0.2) is 47.6 Å². The second kappa shape index (κ2) is 7.83. The van der Waals surface area contributed by atoms with Gasteiger partial charge in [0, 0.05) is 11.1 Å². The third-order valence-corrected chi connectivity index (χ3v) is 4.01. The molecule has 8 heteroatoms. The molecular formula is C18H18N4O3S. The van der Waals surface area contributed by atoms with E-state index < -0.39 is 0 Å². The van der Waals surface area contributed by atoms with Crippen LogP contribution in [0.3, 0.4) is 0 Å². The van der Waals surface area contributed by atoms with Crippen molar-refractivity contribution in [3.05, 3.63) is 52.8 Å². The quantitative estimate of drug-likeness (QED) is 0.531. The highest BCUT2D eigenvalue weighted by molar-refractivity contribution is 7.71. The maximum absolute atomic E-state index is 5.37. The predicted molar refractivity (Wildman–Crippen MR) is 102 cm³/mol. The zero-order valence-corrected chi connectivity index (χ0v) is 15.4. The largest absolute Gasteiger partial charge is 0.497 e. The molecule has 0 aliphatic heterocycles. The van der Waals surface area contributed by atoms with E-state index in [9.17, 15) is 0 Å². The summed E-state index contributed by atoms with van der Waals surface area (Å²) in [6.45, 7) is 0. The first-order valence-electron chi connectivity index (χ1n) is 7.74. The molecule has 0 amide bonds. The van der Waals surface area contributed by atoms with Crippen molar-refractivity contribution >= 4 is 18.4 Å². The Morgan fingerprint density at radius 1 is 1.00 bits per heavy atom. The summed E-state index contributed by atoms with van der Waals surface area (Å²) in [4.78, 5) is 0. The molecule has 0 saturated carbocycles. The molecule has 1 N–H and O–H groups in total. The van der Waals surface area contributed by atoms with Crippen molar-refractivity contribution in [2.45, 2.75) is 0 Å². The van der Waals surface area contributed by atoms with Crippen LogP contribution in [0.25, 0.3) is 11.4 Å². The first-order valence-corrected chi connectivity index (χ1v) is 8.15. The van der Waals surface area contributed by atoms with Crippen LogP contribution in [-0.2, 0) is 0 Å². The number of methoxy groups -OCH3 is 3. The van der Waals surface area contributed by atoms with Gasteiger partial charge in [0.25, 0.3) is 0 Å². The van der Waals surface area contributed by atoms with Crippen molar-refractivity contribution in [3.63, 3.8) is 0 Å². The van der Waals surface area contributed by atoms with E-state index in [1.165, 1.54) is 0 Å². The number of ether oxygens (including phenoxy) is 3. The van der Waals surface area contributed by atoms with E-state index in [0.29, 0.717) is 22.1 Å². The van der Waals surface area contributed by atoms with Crippen LogP contribution in [0.1, 0.15) is 5.56 Å². The van der Waals surface area contributed by atoms with Crippen molar-refractivity contribution in [3.8, 4) is 28.6 Å². The second-order valence-corrected chi connectivity index (χ2v) is 5.63. The van der Waals surface area contributed by atoms with Gasteiger partial charge < -0.3 is 14.2 Å². The molecule has 0 unspecified atom stereocenters. The number of aromatic nitrogens is 3. The van der Waals surface area contributed by atoms with Gasteiger partial charge >= 0.3 is 0 Å². The Hall–Kier alpha value is -3.13. The van der Waals surface area contributed by atoms with Crippen molar-refractivity contribution < 1.29 is 14.2 Å². The normalized spacial score (nSPS) is 10.9. The zero-order valence-electron chi connectivity index (χ0n) is 14.6. The van der Waals surface area contributed by atoms with Crippen LogP contribution in [0.5, 0.6) is 17.2 Å². The lowest BCUT2D eigenvalue weighted by Gasteiger charge is -2.07. The lowest BCUT2D eigenvalue weighted by Crippen LogP contribution is -1.97. The van der Waals surface area contributed by atoms with Gasteiger partial charge in [-0.25, -0.2) is 5.10 Å². The van der Waals surface area contributed by atoms with Gasteiger partial charge in [0.05, 0.1) is 27.5 Å². The Balaban J connectivity index is 1.99. The summed E-state index contributed by atoms with van der Waals surface area (Å²) in [7, 11) is 4.83. The van der Waals surface area contributed by atoms with Crippen molar-refractivity contribution in [1.29, 1.82) is 0 Å². The van der Waals surface area contributed by atoms with E-state index in [0.717, 1.165) is 16.9 Å².